The number of carbonyl (C=O) groups is 2. The molecule has 0 radical (unpaired) electrons. The van der Waals surface area contributed by atoms with Gasteiger partial charge in [-0.1, -0.05) is 24.6 Å². The minimum atomic E-state index is -1.01. The molecule has 0 saturated heterocycles. The van der Waals surface area contributed by atoms with E-state index in [1.165, 1.54) is 6.08 Å². The third kappa shape index (κ3) is 5.11. The molecule has 6 heteroatoms. The molecule has 0 aliphatic heterocycles. The van der Waals surface area contributed by atoms with Crippen molar-refractivity contribution in [3.05, 3.63) is 34.9 Å². The fourth-order valence-electron chi connectivity index (χ4n) is 1.94. The quantitative estimate of drug-likeness (QED) is 0.791. The fourth-order valence-corrected chi connectivity index (χ4v) is 2.28. The standard InChI is InChI=1S/C15H19ClN2O3/c1-10(15(21)17-2)9-18(3)13-6-4-11(8-12(13)16)5-7-14(19)20/h4-8,10H,9H2,1-3H3,(H,17,21)(H,19,20)/b7-5+. The van der Waals surface area contributed by atoms with Gasteiger partial charge in [-0.3, -0.25) is 4.79 Å². The van der Waals surface area contributed by atoms with Crippen molar-refractivity contribution in [2.75, 3.05) is 25.5 Å². The molecule has 0 fully saturated rings. The number of carboxylic acid groups (broad SMARTS) is 1. The van der Waals surface area contributed by atoms with Crippen molar-refractivity contribution < 1.29 is 14.7 Å². The van der Waals surface area contributed by atoms with Crippen LogP contribution in [-0.4, -0.2) is 37.6 Å². The lowest BCUT2D eigenvalue weighted by atomic mass is 10.1. The average Bonchev–Trinajstić information content (AvgIpc) is 2.43. The second-order valence-electron chi connectivity index (χ2n) is 4.78. The van der Waals surface area contributed by atoms with E-state index in [0.29, 0.717) is 17.1 Å². The van der Waals surface area contributed by atoms with Crippen molar-refractivity contribution in [3.63, 3.8) is 0 Å². The molecule has 1 aromatic carbocycles. The number of nitrogens with zero attached hydrogens (tertiary/aromatic N) is 1. The third-order valence-electron chi connectivity index (χ3n) is 3.04. The zero-order chi connectivity index (χ0) is 16.0. The van der Waals surface area contributed by atoms with Crippen LogP contribution in [0.2, 0.25) is 5.02 Å². The van der Waals surface area contributed by atoms with Crippen LogP contribution in [0, 0.1) is 5.92 Å². The lowest BCUT2D eigenvalue weighted by Gasteiger charge is -2.23. The Labute approximate surface area is 129 Å². The van der Waals surface area contributed by atoms with Crippen LogP contribution in [0.15, 0.2) is 24.3 Å². The summed E-state index contributed by atoms with van der Waals surface area (Å²) >= 11 is 6.21. The first-order chi connectivity index (χ1) is 9.85. The van der Waals surface area contributed by atoms with Crippen molar-refractivity contribution in [2.45, 2.75) is 6.92 Å². The number of nitrogens with one attached hydrogen (secondary N) is 1. The highest BCUT2D eigenvalue weighted by molar-refractivity contribution is 6.33. The Balaban J connectivity index is 2.84. The minimum absolute atomic E-state index is 0.0287. The maximum Gasteiger partial charge on any atom is 0.328 e. The van der Waals surface area contributed by atoms with Gasteiger partial charge in [-0.2, -0.15) is 0 Å². The molecule has 1 amide bonds. The Kier molecular flexibility index (Phi) is 6.24. The van der Waals surface area contributed by atoms with Crippen molar-refractivity contribution >= 4 is 35.2 Å². The highest BCUT2D eigenvalue weighted by Crippen LogP contribution is 2.27. The van der Waals surface area contributed by atoms with Crippen LogP contribution in [0.1, 0.15) is 12.5 Å². The van der Waals surface area contributed by atoms with Gasteiger partial charge in [0.25, 0.3) is 0 Å². The predicted molar refractivity (Wildman–Crippen MR) is 84.6 cm³/mol. The fraction of sp³-hybridized carbons (Fsp3) is 0.333. The van der Waals surface area contributed by atoms with Gasteiger partial charge in [0.15, 0.2) is 0 Å². The SMILES string of the molecule is CNC(=O)C(C)CN(C)c1ccc(/C=C/C(=O)O)cc1Cl. The monoisotopic (exact) mass is 310 g/mol. The molecule has 1 atom stereocenters. The highest BCUT2D eigenvalue weighted by Gasteiger charge is 2.15. The molecule has 0 spiro atoms. The van der Waals surface area contributed by atoms with Gasteiger partial charge in [-0.25, -0.2) is 4.79 Å². The summed E-state index contributed by atoms with van der Waals surface area (Å²) in [6.45, 7) is 2.37. The smallest absolute Gasteiger partial charge is 0.328 e. The van der Waals surface area contributed by atoms with Crippen molar-refractivity contribution in [1.82, 2.24) is 5.32 Å². The number of amides is 1. The number of hydrogen-bond acceptors (Lipinski definition) is 3. The van der Waals surface area contributed by atoms with E-state index in [2.05, 4.69) is 5.32 Å². The Bertz CT molecular complexity index is 558. The number of halogens is 1. The minimum Gasteiger partial charge on any atom is -0.478 e. The first-order valence-corrected chi connectivity index (χ1v) is 6.86. The number of carboxylic acids is 1. The summed E-state index contributed by atoms with van der Waals surface area (Å²) < 4.78 is 0. The van der Waals surface area contributed by atoms with E-state index in [-0.39, 0.29) is 11.8 Å². The molecule has 114 valence electrons. The predicted octanol–water partition coefficient (Wildman–Crippen LogP) is 2.26. The largest absolute Gasteiger partial charge is 0.478 e. The molecule has 0 aromatic heterocycles. The molecule has 5 nitrogen and oxygen atoms in total. The van der Waals surface area contributed by atoms with Crippen LogP contribution >= 0.6 is 11.6 Å². The number of hydrogen-bond donors (Lipinski definition) is 2. The summed E-state index contributed by atoms with van der Waals surface area (Å²) in [5.74, 6) is -1.20. The lowest BCUT2D eigenvalue weighted by molar-refractivity contribution is -0.131. The lowest BCUT2D eigenvalue weighted by Crippen LogP contribution is -2.34. The number of carbonyl (C=O) groups excluding carboxylic acids is 1. The van der Waals surface area contributed by atoms with Crippen LogP contribution < -0.4 is 10.2 Å². The van der Waals surface area contributed by atoms with E-state index >= 15 is 0 Å². The highest BCUT2D eigenvalue weighted by atomic mass is 35.5. The zero-order valence-electron chi connectivity index (χ0n) is 12.3. The van der Waals surface area contributed by atoms with Crippen LogP contribution in [0.3, 0.4) is 0 Å². The first kappa shape index (κ1) is 17.0. The maximum atomic E-state index is 11.5. The molecule has 1 aromatic rings. The topological polar surface area (TPSA) is 69.6 Å². The molecule has 0 aliphatic carbocycles. The van der Waals surface area contributed by atoms with Gasteiger partial charge in [-0.05, 0) is 23.8 Å². The van der Waals surface area contributed by atoms with Crippen LogP contribution in [0.4, 0.5) is 5.69 Å². The first-order valence-electron chi connectivity index (χ1n) is 6.48. The Morgan fingerprint density at radius 2 is 2.14 bits per heavy atom. The number of benzene rings is 1. The summed E-state index contributed by atoms with van der Waals surface area (Å²) in [6, 6.07) is 5.28. The number of anilines is 1. The molecule has 2 N–H and O–H groups in total. The summed E-state index contributed by atoms with van der Waals surface area (Å²) in [7, 11) is 3.46. The van der Waals surface area contributed by atoms with E-state index in [0.717, 1.165) is 11.8 Å². The molecule has 21 heavy (non-hydrogen) atoms. The van der Waals surface area contributed by atoms with E-state index < -0.39 is 5.97 Å². The molecule has 0 bridgehead atoms. The maximum absolute atomic E-state index is 11.5. The van der Waals surface area contributed by atoms with E-state index in [9.17, 15) is 9.59 Å². The van der Waals surface area contributed by atoms with Crippen molar-refractivity contribution in [2.24, 2.45) is 5.92 Å². The van der Waals surface area contributed by atoms with E-state index in [4.69, 9.17) is 16.7 Å². The van der Waals surface area contributed by atoms with Crippen LogP contribution in [-0.2, 0) is 9.59 Å². The van der Waals surface area contributed by atoms with Gasteiger partial charge in [0.1, 0.15) is 0 Å². The van der Waals surface area contributed by atoms with Crippen LogP contribution in [0.5, 0.6) is 0 Å². The molecule has 0 saturated carbocycles. The van der Waals surface area contributed by atoms with Gasteiger partial charge in [0, 0.05) is 26.7 Å². The molecule has 0 aliphatic rings. The second kappa shape index (κ2) is 7.69. The summed E-state index contributed by atoms with van der Waals surface area (Å²) in [5.41, 5.74) is 1.50. The van der Waals surface area contributed by atoms with E-state index in [1.807, 2.05) is 18.9 Å². The molecule has 1 rings (SSSR count). The van der Waals surface area contributed by atoms with E-state index in [1.54, 1.807) is 25.2 Å². The third-order valence-corrected chi connectivity index (χ3v) is 3.35. The Morgan fingerprint density at radius 1 is 1.48 bits per heavy atom. The van der Waals surface area contributed by atoms with Crippen LogP contribution in [0.25, 0.3) is 6.08 Å². The zero-order valence-corrected chi connectivity index (χ0v) is 13.0. The average molecular weight is 311 g/mol. The molecule has 0 heterocycles. The molecular weight excluding hydrogens is 292 g/mol. The summed E-state index contributed by atoms with van der Waals surface area (Å²) in [5, 5.41) is 11.7. The van der Waals surface area contributed by atoms with Crippen molar-refractivity contribution in [3.8, 4) is 0 Å². The Morgan fingerprint density at radius 3 is 2.67 bits per heavy atom. The number of aliphatic carboxylic acids is 1. The van der Waals surface area contributed by atoms with Crippen molar-refractivity contribution in [1.29, 1.82) is 0 Å². The normalized spacial score (nSPS) is 12.2. The summed E-state index contributed by atoms with van der Waals surface area (Å²) in [4.78, 5) is 23.9. The number of rotatable bonds is 6. The molecule has 1 unspecified atom stereocenters. The Hall–Kier alpha value is -2.01. The van der Waals surface area contributed by atoms with Gasteiger partial charge >= 0.3 is 5.97 Å². The molecular formula is C15H19ClN2O3. The van der Waals surface area contributed by atoms with Gasteiger partial charge < -0.3 is 15.3 Å². The summed E-state index contributed by atoms with van der Waals surface area (Å²) in [6.07, 6.45) is 2.54. The van der Waals surface area contributed by atoms with Gasteiger partial charge in [0.2, 0.25) is 5.91 Å². The second-order valence-corrected chi connectivity index (χ2v) is 5.19. The van der Waals surface area contributed by atoms with Gasteiger partial charge in [-0.15, -0.1) is 0 Å². The van der Waals surface area contributed by atoms with Gasteiger partial charge in [0.05, 0.1) is 16.6 Å².